The van der Waals surface area contributed by atoms with Gasteiger partial charge in [0, 0.05) is 13.1 Å². The largest absolute Gasteiger partial charge is 0.479 e. The Morgan fingerprint density at radius 1 is 1.31 bits per heavy atom. The molecule has 0 saturated carbocycles. The van der Waals surface area contributed by atoms with E-state index in [2.05, 4.69) is 15.1 Å². The highest BCUT2D eigenvalue weighted by Gasteiger charge is 2.10. The van der Waals surface area contributed by atoms with Gasteiger partial charge in [0.25, 0.3) is 0 Å². The van der Waals surface area contributed by atoms with Crippen LogP contribution in [0.2, 0.25) is 0 Å². The predicted octanol–water partition coefficient (Wildman–Crippen LogP) is -0.602. The molecule has 2 amide bonds. The molecule has 1 fully saturated rings. The SMILES string of the molecule is O=C(O)CONC(=O)NCCN1CCCC1. The number of carboxylic acid groups (broad SMARTS) is 1. The van der Waals surface area contributed by atoms with Gasteiger partial charge in [0.2, 0.25) is 0 Å². The van der Waals surface area contributed by atoms with E-state index in [9.17, 15) is 9.59 Å². The maximum absolute atomic E-state index is 11.0. The molecular formula is C9H17N3O4. The van der Waals surface area contributed by atoms with Crippen molar-refractivity contribution in [2.45, 2.75) is 12.8 Å². The van der Waals surface area contributed by atoms with Gasteiger partial charge in [-0.05, 0) is 25.9 Å². The minimum absolute atomic E-state index is 0.513. The Kier molecular flexibility index (Phi) is 5.58. The van der Waals surface area contributed by atoms with Gasteiger partial charge in [-0.1, -0.05) is 0 Å². The first-order valence-corrected chi connectivity index (χ1v) is 5.28. The molecule has 1 aliphatic rings. The number of likely N-dealkylation sites (tertiary alicyclic amines) is 1. The summed E-state index contributed by atoms with van der Waals surface area (Å²) in [6.45, 7) is 2.96. The number of nitrogens with one attached hydrogen (secondary N) is 2. The van der Waals surface area contributed by atoms with E-state index in [0.717, 1.165) is 19.6 Å². The molecule has 16 heavy (non-hydrogen) atoms. The number of urea groups is 1. The highest BCUT2D eigenvalue weighted by Crippen LogP contribution is 2.05. The zero-order chi connectivity index (χ0) is 11.8. The van der Waals surface area contributed by atoms with E-state index < -0.39 is 18.6 Å². The van der Waals surface area contributed by atoms with Crippen LogP contribution in [0.1, 0.15) is 12.8 Å². The second-order valence-electron chi connectivity index (χ2n) is 3.59. The van der Waals surface area contributed by atoms with Crippen molar-refractivity contribution in [2.24, 2.45) is 0 Å². The van der Waals surface area contributed by atoms with Gasteiger partial charge >= 0.3 is 12.0 Å². The van der Waals surface area contributed by atoms with E-state index >= 15 is 0 Å². The van der Waals surface area contributed by atoms with Gasteiger partial charge < -0.3 is 15.3 Å². The van der Waals surface area contributed by atoms with Gasteiger partial charge in [0.1, 0.15) is 0 Å². The van der Waals surface area contributed by atoms with E-state index in [1.54, 1.807) is 0 Å². The van der Waals surface area contributed by atoms with Crippen LogP contribution >= 0.6 is 0 Å². The molecular weight excluding hydrogens is 214 g/mol. The fraction of sp³-hybridized carbons (Fsp3) is 0.778. The van der Waals surface area contributed by atoms with E-state index in [1.807, 2.05) is 5.48 Å². The van der Waals surface area contributed by atoms with Gasteiger partial charge in [-0.25, -0.2) is 15.1 Å². The van der Waals surface area contributed by atoms with E-state index in [-0.39, 0.29) is 0 Å². The first kappa shape index (κ1) is 12.7. The first-order valence-electron chi connectivity index (χ1n) is 5.28. The summed E-state index contributed by atoms with van der Waals surface area (Å²) in [5, 5.41) is 10.8. The minimum atomic E-state index is -1.13. The highest BCUT2D eigenvalue weighted by atomic mass is 16.7. The monoisotopic (exact) mass is 231 g/mol. The summed E-state index contributed by atoms with van der Waals surface area (Å²) in [7, 11) is 0. The first-order chi connectivity index (χ1) is 7.68. The van der Waals surface area contributed by atoms with Gasteiger partial charge in [0.05, 0.1) is 0 Å². The molecule has 0 atom stereocenters. The zero-order valence-corrected chi connectivity index (χ0v) is 9.07. The maximum atomic E-state index is 11.0. The summed E-state index contributed by atoms with van der Waals surface area (Å²) in [5.41, 5.74) is 1.99. The smallest absolute Gasteiger partial charge is 0.338 e. The van der Waals surface area contributed by atoms with Crippen LogP contribution in [0.3, 0.4) is 0 Å². The number of aliphatic carboxylic acids is 1. The van der Waals surface area contributed by atoms with Crippen molar-refractivity contribution >= 4 is 12.0 Å². The standard InChI is InChI=1S/C9H17N3O4/c13-8(14)7-16-11-9(15)10-3-6-12-4-1-2-5-12/h1-7H2,(H,13,14)(H2,10,11,15). The van der Waals surface area contributed by atoms with Gasteiger partial charge in [-0.2, -0.15) is 0 Å². The molecule has 0 aromatic heterocycles. The van der Waals surface area contributed by atoms with Crippen LogP contribution in [0.5, 0.6) is 0 Å². The second kappa shape index (κ2) is 7.02. The third-order valence-corrected chi connectivity index (χ3v) is 2.27. The molecule has 0 unspecified atom stereocenters. The molecule has 0 aliphatic carbocycles. The van der Waals surface area contributed by atoms with Crippen LogP contribution in [0.15, 0.2) is 0 Å². The Labute approximate surface area is 93.7 Å². The van der Waals surface area contributed by atoms with Crippen molar-refractivity contribution in [2.75, 3.05) is 32.8 Å². The van der Waals surface area contributed by atoms with Gasteiger partial charge in [0.15, 0.2) is 6.61 Å². The van der Waals surface area contributed by atoms with Crippen molar-refractivity contribution < 1.29 is 19.5 Å². The molecule has 0 bridgehead atoms. The van der Waals surface area contributed by atoms with Crippen LogP contribution in [0.25, 0.3) is 0 Å². The number of rotatable bonds is 6. The molecule has 3 N–H and O–H groups in total. The van der Waals surface area contributed by atoms with E-state index in [0.29, 0.717) is 6.54 Å². The molecule has 0 radical (unpaired) electrons. The van der Waals surface area contributed by atoms with Crippen LogP contribution in [0.4, 0.5) is 4.79 Å². The lowest BCUT2D eigenvalue weighted by Crippen LogP contribution is -2.40. The van der Waals surface area contributed by atoms with Crippen molar-refractivity contribution in [3.05, 3.63) is 0 Å². The van der Waals surface area contributed by atoms with Crippen molar-refractivity contribution in [3.63, 3.8) is 0 Å². The average Bonchev–Trinajstić information content (AvgIpc) is 2.70. The number of carboxylic acids is 1. The Bertz CT molecular complexity index is 241. The quantitative estimate of drug-likeness (QED) is 0.531. The summed E-state index contributed by atoms with van der Waals surface area (Å²) in [5.74, 6) is -1.13. The molecule has 7 heteroatoms. The molecule has 1 aliphatic heterocycles. The Morgan fingerprint density at radius 2 is 2.00 bits per heavy atom. The molecule has 92 valence electrons. The number of nitrogens with zero attached hydrogens (tertiary/aromatic N) is 1. The van der Waals surface area contributed by atoms with E-state index in [1.165, 1.54) is 12.8 Å². The fourth-order valence-corrected chi connectivity index (χ4v) is 1.53. The highest BCUT2D eigenvalue weighted by molar-refractivity contribution is 5.73. The Hall–Kier alpha value is -1.34. The average molecular weight is 231 g/mol. The lowest BCUT2D eigenvalue weighted by Gasteiger charge is -2.14. The summed E-state index contributed by atoms with van der Waals surface area (Å²) in [4.78, 5) is 27.8. The lowest BCUT2D eigenvalue weighted by molar-refractivity contribution is -0.144. The summed E-state index contributed by atoms with van der Waals surface area (Å²) in [6.07, 6.45) is 2.43. The van der Waals surface area contributed by atoms with Crippen LogP contribution in [0, 0.1) is 0 Å². The number of amides is 2. The van der Waals surface area contributed by atoms with Crippen LogP contribution in [-0.2, 0) is 9.63 Å². The van der Waals surface area contributed by atoms with Crippen molar-refractivity contribution in [1.29, 1.82) is 0 Å². The minimum Gasteiger partial charge on any atom is -0.479 e. The Balaban J connectivity index is 1.95. The molecule has 1 saturated heterocycles. The molecule has 1 heterocycles. The lowest BCUT2D eigenvalue weighted by atomic mass is 10.4. The summed E-state index contributed by atoms with van der Waals surface area (Å²) < 4.78 is 0. The summed E-state index contributed by atoms with van der Waals surface area (Å²) in [6, 6.07) is -0.513. The van der Waals surface area contributed by atoms with Gasteiger partial charge in [-0.3, -0.25) is 4.84 Å². The normalized spacial score (nSPS) is 16.0. The van der Waals surface area contributed by atoms with Gasteiger partial charge in [-0.15, -0.1) is 0 Å². The molecule has 0 aromatic rings. The van der Waals surface area contributed by atoms with Crippen molar-refractivity contribution in [3.8, 4) is 0 Å². The van der Waals surface area contributed by atoms with Crippen LogP contribution < -0.4 is 10.8 Å². The van der Waals surface area contributed by atoms with Crippen molar-refractivity contribution in [1.82, 2.24) is 15.7 Å². The number of hydroxylamine groups is 1. The number of hydrogen-bond donors (Lipinski definition) is 3. The number of carbonyl (C=O) groups is 2. The fourth-order valence-electron chi connectivity index (χ4n) is 1.53. The van der Waals surface area contributed by atoms with Crippen LogP contribution in [-0.4, -0.2) is 54.8 Å². The van der Waals surface area contributed by atoms with E-state index in [4.69, 9.17) is 5.11 Å². The third kappa shape index (κ3) is 5.52. The summed E-state index contributed by atoms with van der Waals surface area (Å²) >= 11 is 0. The molecule has 7 nitrogen and oxygen atoms in total. The molecule has 0 spiro atoms. The molecule has 1 rings (SSSR count). The maximum Gasteiger partial charge on any atom is 0.338 e. The molecule has 0 aromatic carbocycles. The third-order valence-electron chi connectivity index (χ3n) is 2.27. The number of carbonyl (C=O) groups excluding carboxylic acids is 1. The topological polar surface area (TPSA) is 90.9 Å². The Morgan fingerprint density at radius 3 is 2.62 bits per heavy atom. The predicted molar refractivity (Wildman–Crippen MR) is 55.8 cm³/mol. The number of hydrogen-bond acceptors (Lipinski definition) is 4. The second-order valence-corrected chi connectivity index (χ2v) is 3.59. The zero-order valence-electron chi connectivity index (χ0n) is 9.07.